The van der Waals surface area contributed by atoms with Gasteiger partial charge in [0.2, 0.25) is 0 Å². The zero-order valence-corrected chi connectivity index (χ0v) is 18.1. The first-order chi connectivity index (χ1) is 12.1. The molecule has 4 rings (SSSR count). The minimum atomic E-state index is -2.94. The van der Waals surface area contributed by atoms with Crippen LogP contribution in [0.15, 0.2) is 24.3 Å². The first-order valence-electron chi connectivity index (χ1n) is 9.01. The highest BCUT2D eigenvalue weighted by atomic mass is 35.5. The minimum absolute atomic E-state index is 0.0944. The van der Waals surface area contributed by atoms with Crippen molar-refractivity contribution in [2.75, 3.05) is 10.8 Å². The van der Waals surface area contributed by atoms with Crippen molar-refractivity contribution >= 4 is 36.1 Å². The van der Waals surface area contributed by atoms with E-state index in [4.69, 9.17) is 11.6 Å². The van der Waals surface area contributed by atoms with Crippen molar-refractivity contribution in [2.45, 2.75) is 37.4 Å². The molecule has 4 nitrogen and oxygen atoms in total. The van der Waals surface area contributed by atoms with E-state index < -0.39 is 18.8 Å². The Kier molecular flexibility index (Phi) is 4.08. The highest BCUT2D eigenvalue weighted by Crippen LogP contribution is 2.72. The Morgan fingerprint density at radius 2 is 1.88 bits per heavy atom. The molecule has 0 radical (unpaired) electrons. The monoisotopic (exact) mass is 408 g/mol. The van der Waals surface area contributed by atoms with Crippen LogP contribution in [0, 0.1) is 36.0 Å². The number of halogens is 1. The largest absolute Gasteiger partial charge is 0.281 e. The number of nitriles is 1. The van der Waals surface area contributed by atoms with Crippen LogP contribution in [0.1, 0.15) is 11.1 Å². The zero-order chi connectivity index (χ0) is 19.0. The third kappa shape index (κ3) is 2.34. The van der Waals surface area contributed by atoms with Gasteiger partial charge in [-0.15, -0.1) is 10.8 Å². The van der Waals surface area contributed by atoms with Crippen molar-refractivity contribution in [3.05, 3.63) is 40.4 Å². The molecular formula is C19H25ClN2O2SSi. The quantitative estimate of drug-likeness (QED) is 0.499. The molecule has 1 saturated carbocycles. The predicted octanol–water partition coefficient (Wildman–Crippen LogP) is 5.51. The topological polar surface area (TPSA) is 67.5 Å². The molecule has 0 spiro atoms. The fraction of sp³-hybridized carbons (Fsp3) is 0.526. The summed E-state index contributed by atoms with van der Waals surface area (Å²) in [6, 6.07) is 5.57. The van der Waals surface area contributed by atoms with Gasteiger partial charge < -0.3 is 0 Å². The SMILES string of the molecule is Cc1c(N2C[C@H]3[C@H]4C=C[C@H]([C@@H]4[Si](C)(C)C)[C@H]3S2(O)O)ccc(C#N)c1Cl. The summed E-state index contributed by atoms with van der Waals surface area (Å²) in [6.45, 7) is 9.65. The van der Waals surface area contributed by atoms with Crippen LogP contribution in [0.3, 0.4) is 0 Å². The Morgan fingerprint density at radius 3 is 2.46 bits per heavy atom. The zero-order valence-electron chi connectivity index (χ0n) is 15.5. The summed E-state index contributed by atoms with van der Waals surface area (Å²) in [6.07, 6.45) is 4.57. The van der Waals surface area contributed by atoms with Crippen LogP contribution in [0.25, 0.3) is 0 Å². The molecule has 1 aromatic carbocycles. The lowest BCUT2D eigenvalue weighted by molar-refractivity contribution is 0.448. The maximum Gasteiger partial charge on any atom is 0.101 e. The smallest absolute Gasteiger partial charge is 0.101 e. The van der Waals surface area contributed by atoms with Gasteiger partial charge in [0.25, 0.3) is 0 Å². The fourth-order valence-corrected chi connectivity index (χ4v) is 11.4. The molecule has 5 atom stereocenters. The van der Waals surface area contributed by atoms with Gasteiger partial charge in [-0.1, -0.05) is 43.4 Å². The van der Waals surface area contributed by atoms with E-state index in [9.17, 15) is 14.4 Å². The lowest BCUT2D eigenvalue weighted by Crippen LogP contribution is -2.36. The van der Waals surface area contributed by atoms with Gasteiger partial charge in [0, 0.05) is 26.5 Å². The van der Waals surface area contributed by atoms with E-state index >= 15 is 0 Å². The van der Waals surface area contributed by atoms with Crippen molar-refractivity contribution in [3.8, 4) is 6.07 Å². The molecular weight excluding hydrogens is 384 g/mol. The molecule has 2 N–H and O–H groups in total. The maximum atomic E-state index is 11.3. The summed E-state index contributed by atoms with van der Waals surface area (Å²) in [7, 11) is -4.33. The van der Waals surface area contributed by atoms with E-state index in [0.717, 1.165) is 11.3 Å². The summed E-state index contributed by atoms with van der Waals surface area (Å²) in [4.78, 5) is 0. The van der Waals surface area contributed by atoms with Gasteiger partial charge in [0.05, 0.1) is 21.5 Å². The average Bonchev–Trinajstić information content (AvgIpc) is 3.18. The molecule has 7 heteroatoms. The number of anilines is 1. The first kappa shape index (κ1) is 18.4. The van der Waals surface area contributed by atoms with Crippen molar-refractivity contribution in [1.82, 2.24) is 0 Å². The van der Waals surface area contributed by atoms with Crippen LogP contribution in [0.5, 0.6) is 0 Å². The molecule has 0 aromatic heterocycles. The summed E-state index contributed by atoms with van der Waals surface area (Å²) in [5, 5.41) is 9.48. The highest BCUT2D eigenvalue weighted by molar-refractivity contribution is 8.26. The second-order valence-electron chi connectivity index (χ2n) is 8.87. The summed E-state index contributed by atoms with van der Waals surface area (Å²) >= 11 is 6.33. The van der Waals surface area contributed by atoms with Crippen LogP contribution >= 0.6 is 22.4 Å². The molecule has 0 amide bonds. The van der Waals surface area contributed by atoms with Crippen molar-refractivity contribution < 1.29 is 9.11 Å². The van der Waals surface area contributed by atoms with E-state index in [0.29, 0.717) is 28.6 Å². The van der Waals surface area contributed by atoms with E-state index in [1.165, 1.54) is 0 Å². The Labute approximate surface area is 163 Å². The van der Waals surface area contributed by atoms with Crippen LogP contribution in [0.4, 0.5) is 5.69 Å². The summed E-state index contributed by atoms with van der Waals surface area (Å²) in [5.74, 6) is 0.989. The highest BCUT2D eigenvalue weighted by Gasteiger charge is 2.64. The summed E-state index contributed by atoms with van der Waals surface area (Å²) < 4.78 is 24.3. The molecule has 2 fully saturated rings. The number of allylic oxidation sites excluding steroid dienone is 2. The van der Waals surface area contributed by atoms with Gasteiger partial charge in [0.15, 0.2) is 0 Å². The lowest BCUT2D eigenvalue weighted by atomic mass is 9.93. The van der Waals surface area contributed by atoms with E-state index in [1.807, 2.05) is 6.92 Å². The molecule has 3 aliphatic rings. The number of benzene rings is 1. The maximum absolute atomic E-state index is 11.3. The van der Waals surface area contributed by atoms with E-state index in [1.54, 1.807) is 16.4 Å². The normalized spacial score (nSPS) is 35.5. The molecule has 140 valence electrons. The molecule has 1 aromatic rings. The molecule has 1 saturated heterocycles. The number of nitrogens with zero attached hydrogens (tertiary/aromatic N) is 2. The van der Waals surface area contributed by atoms with Gasteiger partial charge >= 0.3 is 0 Å². The number of rotatable bonds is 2. The molecule has 1 heterocycles. The standard InChI is InChI=1S/C19H25ClN2O2SSi/c1-11-16(8-5-12(9-21)17(11)20)22-10-15-13-6-7-14(18(15)25(22,23)24)19(13)26(2,3)4/h5-8,13-15,18-19,23-24H,10H2,1-4H3/t13-,14+,15+,18-,19-/m1/s1. The fourth-order valence-electron chi connectivity index (χ4n) is 5.53. The first-order valence-corrected chi connectivity index (χ1v) is 14.5. The average molecular weight is 409 g/mol. The van der Waals surface area contributed by atoms with Crippen LogP contribution in [-0.2, 0) is 0 Å². The summed E-state index contributed by atoms with van der Waals surface area (Å²) in [5.41, 5.74) is 2.50. The molecule has 26 heavy (non-hydrogen) atoms. The predicted molar refractivity (Wildman–Crippen MR) is 112 cm³/mol. The van der Waals surface area contributed by atoms with Crippen molar-refractivity contribution in [3.63, 3.8) is 0 Å². The van der Waals surface area contributed by atoms with E-state index in [2.05, 4.69) is 37.9 Å². The van der Waals surface area contributed by atoms with Gasteiger partial charge in [-0.05, 0) is 36.1 Å². The Bertz CT molecular complexity index is 845. The lowest BCUT2D eigenvalue weighted by Gasteiger charge is -2.45. The number of fused-ring (bicyclic) bond motifs is 5. The number of hydrogen-bond donors (Lipinski definition) is 2. The second kappa shape index (κ2) is 5.76. The second-order valence-corrected chi connectivity index (χ2v) is 16.7. The molecule has 2 bridgehead atoms. The molecule has 2 aliphatic carbocycles. The molecule has 1 aliphatic heterocycles. The Hall–Kier alpha value is -0.973. The number of hydrogen-bond acceptors (Lipinski definition) is 4. The van der Waals surface area contributed by atoms with E-state index in [-0.39, 0.29) is 17.1 Å². The van der Waals surface area contributed by atoms with Crippen LogP contribution < -0.4 is 4.31 Å². The van der Waals surface area contributed by atoms with Gasteiger partial charge in [-0.2, -0.15) is 5.26 Å². The third-order valence-electron chi connectivity index (χ3n) is 6.49. The third-order valence-corrected chi connectivity index (χ3v) is 12.1. The van der Waals surface area contributed by atoms with Gasteiger partial charge in [-0.3, -0.25) is 13.4 Å². The van der Waals surface area contributed by atoms with Crippen LogP contribution in [0.2, 0.25) is 30.2 Å². The van der Waals surface area contributed by atoms with Crippen molar-refractivity contribution in [2.24, 2.45) is 17.8 Å². The Morgan fingerprint density at radius 1 is 1.23 bits per heavy atom. The van der Waals surface area contributed by atoms with Crippen molar-refractivity contribution in [1.29, 1.82) is 5.26 Å². The Balaban J connectivity index is 1.73. The van der Waals surface area contributed by atoms with Crippen LogP contribution in [-0.4, -0.2) is 29.0 Å². The molecule has 0 unspecified atom stereocenters. The minimum Gasteiger partial charge on any atom is -0.281 e. The van der Waals surface area contributed by atoms with Gasteiger partial charge in [-0.25, -0.2) is 0 Å². The van der Waals surface area contributed by atoms with Gasteiger partial charge in [0.1, 0.15) is 6.07 Å².